The second-order valence-corrected chi connectivity index (χ2v) is 6.41. The molecule has 0 aliphatic carbocycles. The molecule has 0 fully saturated rings. The summed E-state index contributed by atoms with van der Waals surface area (Å²) in [6.45, 7) is 1.42. The largest absolute Gasteiger partial charge is 0.493 e. The van der Waals surface area contributed by atoms with Crippen molar-refractivity contribution in [3.8, 4) is 11.5 Å². The third-order valence-electron chi connectivity index (χ3n) is 3.68. The van der Waals surface area contributed by atoms with Gasteiger partial charge in [0, 0.05) is 23.7 Å². The fourth-order valence-corrected chi connectivity index (χ4v) is 3.23. The second kappa shape index (κ2) is 9.88. The first kappa shape index (κ1) is 18.2. The fourth-order valence-electron chi connectivity index (χ4n) is 2.32. The predicted molar refractivity (Wildman–Crippen MR) is 98.1 cm³/mol. The van der Waals surface area contributed by atoms with E-state index in [0.29, 0.717) is 18.0 Å². The Morgan fingerprint density at radius 2 is 1.75 bits per heavy atom. The van der Waals surface area contributed by atoms with Crippen molar-refractivity contribution < 1.29 is 14.3 Å². The summed E-state index contributed by atoms with van der Waals surface area (Å²) in [6, 6.07) is 16.1. The molecule has 0 radical (unpaired) electrons. The number of ether oxygens (including phenoxy) is 2. The first-order valence-corrected chi connectivity index (χ1v) is 8.83. The zero-order valence-electron chi connectivity index (χ0n) is 14.1. The molecule has 24 heavy (non-hydrogen) atoms. The molecule has 0 spiro atoms. The molecule has 1 amide bonds. The third-order valence-corrected chi connectivity index (χ3v) is 4.67. The van der Waals surface area contributed by atoms with E-state index in [1.807, 2.05) is 41.3 Å². The SMILES string of the molecule is COc1ccc(CCN(C=O)CCSc2ccccc2)cc1OC. The molecule has 0 heterocycles. The van der Waals surface area contributed by atoms with E-state index in [1.54, 1.807) is 26.0 Å². The molecule has 2 rings (SSSR count). The maximum absolute atomic E-state index is 11.3. The molecule has 0 saturated carbocycles. The molecule has 0 N–H and O–H groups in total. The van der Waals surface area contributed by atoms with Gasteiger partial charge in [0.15, 0.2) is 11.5 Å². The topological polar surface area (TPSA) is 38.8 Å². The highest BCUT2D eigenvalue weighted by Gasteiger charge is 2.07. The zero-order chi connectivity index (χ0) is 17.2. The molecule has 0 unspecified atom stereocenters. The lowest BCUT2D eigenvalue weighted by Gasteiger charge is -2.17. The van der Waals surface area contributed by atoms with Gasteiger partial charge in [-0.15, -0.1) is 11.8 Å². The molecule has 0 aliphatic rings. The molecule has 0 bridgehead atoms. The molecule has 0 atom stereocenters. The van der Waals surface area contributed by atoms with Crippen LogP contribution in [0.3, 0.4) is 0 Å². The molecular formula is C19H23NO3S. The average Bonchev–Trinajstić information content (AvgIpc) is 2.65. The summed E-state index contributed by atoms with van der Waals surface area (Å²) in [4.78, 5) is 14.3. The van der Waals surface area contributed by atoms with Gasteiger partial charge < -0.3 is 14.4 Å². The molecule has 0 aromatic heterocycles. The van der Waals surface area contributed by atoms with E-state index >= 15 is 0 Å². The summed E-state index contributed by atoms with van der Waals surface area (Å²) in [7, 11) is 3.25. The smallest absolute Gasteiger partial charge is 0.209 e. The third kappa shape index (κ3) is 5.49. The van der Waals surface area contributed by atoms with E-state index in [1.165, 1.54) is 4.90 Å². The van der Waals surface area contributed by atoms with E-state index < -0.39 is 0 Å². The molecule has 4 nitrogen and oxygen atoms in total. The number of thioether (sulfide) groups is 1. The standard InChI is InChI=1S/C19H23NO3S/c1-22-18-9-8-16(14-19(18)23-2)10-11-20(15-21)12-13-24-17-6-4-3-5-7-17/h3-9,14-15H,10-13H2,1-2H3. The van der Waals surface area contributed by atoms with Crippen molar-refractivity contribution in [2.75, 3.05) is 33.1 Å². The first-order chi connectivity index (χ1) is 11.8. The van der Waals surface area contributed by atoms with Crippen molar-refractivity contribution in [1.29, 1.82) is 0 Å². The van der Waals surface area contributed by atoms with Crippen molar-refractivity contribution in [2.24, 2.45) is 0 Å². The number of carbonyl (C=O) groups is 1. The van der Waals surface area contributed by atoms with Gasteiger partial charge in [-0.05, 0) is 36.2 Å². The number of carbonyl (C=O) groups excluding carboxylic acids is 1. The van der Waals surface area contributed by atoms with Gasteiger partial charge in [-0.1, -0.05) is 24.3 Å². The highest BCUT2D eigenvalue weighted by atomic mass is 32.2. The number of hydrogen-bond donors (Lipinski definition) is 0. The summed E-state index contributed by atoms with van der Waals surface area (Å²) in [6.07, 6.45) is 1.71. The minimum Gasteiger partial charge on any atom is -0.493 e. The number of methoxy groups -OCH3 is 2. The molecule has 128 valence electrons. The van der Waals surface area contributed by atoms with Crippen molar-refractivity contribution in [1.82, 2.24) is 4.90 Å². The fraction of sp³-hybridized carbons (Fsp3) is 0.316. The Balaban J connectivity index is 1.81. The molecule has 0 saturated heterocycles. The Kier molecular flexibility index (Phi) is 7.49. The minimum absolute atomic E-state index is 0.689. The molecule has 2 aromatic carbocycles. The van der Waals surface area contributed by atoms with E-state index in [4.69, 9.17) is 9.47 Å². The van der Waals surface area contributed by atoms with Gasteiger partial charge in [-0.25, -0.2) is 0 Å². The Labute approximate surface area is 147 Å². The monoisotopic (exact) mass is 345 g/mol. The van der Waals surface area contributed by atoms with Gasteiger partial charge in [0.05, 0.1) is 14.2 Å². The summed E-state index contributed by atoms with van der Waals surface area (Å²) in [5.41, 5.74) is 1.12. The van der Waals surface area contributed by atoms with Crippen LogP contribution in [-0.2, 0) is 11.2 Å². The van der Waals surface area contributed by atoms with Gasteiger partial charge in [0.2, 0.25) is 6.41 Å². The van der Waals surface area contributed by atoms with Crippen LogP contribution in [-0.4, -0.2) is 44.4 Å². The summed E-state index contributed by atoms with van der Waals surface area (Å²) in [5.74, 6) is 2.31. The van der Waals surface area contributed by atoms with E-state index in [-0.39, 0.29) is 0 Å². The van der Waals surface area contributed by atoms with Gasteiger partial charge in [-0.3, -0.25) is 4.79 Å². The molecule has 5 heteroatoms. The number of benzene rings is 2. The maximum atomic E-state index is 11.3. The minimum atomic E-state index is 0.689. The Morgan fingerprint density at radius 3 is 2.42 bits per heavy atom. The Bertz CT molecular complexity index is 634. The van der Waals surface area contributed by atoms with Crippen LogP contribution in [0.15, 0.2) is 53.4 Å². The van der Waals surface area contributed by atoms with Crippen LogP contribution in [0.1, 0.15) is 5.56 Å². The Hall–Kier alpha value is -2.14. The average molecular weight is 345 g/mol. The van der Waals surface area contributed by atoms with Crippen molar-refractivity contribution >= 4 is 18.2 Å². The maximum Gasteiger partial charge on any atom is 0.209 e. The van der Waals surface area contributed by atoms with Crippen LogP contribution >= 0.6 is 11.8 Å². The van der Waals surface area contributed by atoms with Crippen LogP contribution in [0.2, 0.25) is 0 Å². The van der Waals surface area contributed by atoms with Crippen LogP contribution in [0, 0.1) is 0 Å². The lowest BCUT2D eigenvalue weighted by atomic mass is 10.1. The van der Waals surface area contributed by atoms with E-state index in [2.05, 4.69) is 12.1 Å². The lowest BCUT2D eigenvalue weighted by Crippen LogP contribution is -2.27. The van der Waals surface area contributed by atoms with Crippen molar-refractivity contribution in [2.45, 2.75) is 11.3 Å². The lowest BCUT2D eigenvalue weighted by molar-refractivity contribution is -0.117. The first-order valence-electron chi connectivity index (χ1n) is 7.85. The van der Waals surface area contributed by atoms with Gasteiger partial charge >= 0.3 is 0 Å². The van der Waals surface area contributed by atoms with Crippen LogP contribution in [0.25, 0.3) is 0 Å². The second-order valence-electron chi connectivity index (χ2n) is 5.24. The quantitative estimate of drug-likeness (QED) is 0.488. The molecular weight excluding hydrogens is 322 g/mol. The van der Waals surface area contributed by atoms with Crippen molar-refractivity contribution in [3.05, 3.63) is 54.1 Å². The summed E-state index contributed by atoms with van der Waals surface area (Å²) in [5, 5.41) is 0. The van der Waals surface area contributed by atoms with Crippen LogP contribution in [0.5, 0.6) is 11.5 Å². The normalized spacial score (nSPS) is 10.2. The number of hydrogen-bond acceptors (Lipinski definition) is 4. The van der Waals surface area contributed by atoms with Crippen LogP contribution < -0.4 is 9.47 Å². The molecule has 0 aliphatic heterocycles. The van der Waals surface area contributed by atoms with Gasteiger partial charge in [-0.2, -0.15) is 0 Å². The van der Waals surface area contributed by atoms with E-state index in [9.17, 15) is 4.79 Å². The highest BCUT2D eigenvalue weighted by Crippen LogP contribution is 2.27. The summed E-state index contributed by atoms with van der Waals surface area (Å²) < 4.78 is 10.6. The van der Waals surface area contributed by atoms with E-state index in [0.717, 1.165) is 30.7 Å². The predicted octanol–water partition coefficient (Wildman–Crippen LogP) is 3.50. The molecule has 2 aromatic rings. The highest BCUT2D eigenvalue weighted by molar-refractivity contribution is 7.99. The van der Waals surface area contributed by atoms with Crippen LogP contribution in [0.4, 0.5) is 0 Å². The summed E-state index contributed by atoms with van der Waals surface area (Å²) >= 11 is 1.76. The number of rotatable bonds is 10. The Morgan fingerprint density at radius 1 is 1.00 bits per heavy atom. The zero-order valence-corrected chi connectivity index (χ0v) is 14.9. The van der Waals surface area contributed by atoms with Gasteiger partial charge in [0.1, 0.15) is 0 Å². The van der Waals surface area contributed by atoms with Gasteiger partial charge in [0.25, 0.3) is 0 Å². The number of amides is 1. The number of nitrogens with zero attached hydrogens (tertiary/aromatic N) is 1. The van der Waals surface area contributed by atoms with Crippen molar-refractivity contribution in [3.63, 3.8) is 0 Å².